The number of benzene rings is 1. The largest absolute Gasteiger partial charge is 0.369 e. The molecule has 3 atom stereocenters. The lowest BCUT2D eigenvalue weighted by molar-refractivity contribution is 0.132. The molecule has 1 heteroatoms. The van der Waals surface area contributed by atoms with Gasteiger partial charge in [-0.1, -0.05) is 50.8 Å². The Morgan fingerprint density at radius 1 is 1.24 bits per heavy atom. The van der Waals surface area contributed by atoms with Crippen molar-refractivity contribution in [1.82, 2.24) is 4.90 Å². The number of rotatable bonds is 8. The van der Waals surface area contributed by atoms with Gasteiger partial charge in [0.25, 0.3) is 0 Å². The molecule has 1 aromatic carbocycles. The molecule has 0 radical (unpaired) electrons. The molecule has 3 unspecified atom stereocenters. The Kier molecular flexibility index (Phi) is 5.50. The first-order valence-electron chi connectivity index (χ1n) is 8.52. The van der Waals surface area contributed by atoms with E-state index in [2.05, 4.69) is 69.5 Å². The van der Waals surface area contributed by atoms with Crippen LogP contribution in [-0.2, 0) is 6.42 Å². The smallest absolute Gasteiger partial charge is 0.0315 e. The third-order valence-corrected chi connectivity index (χ3v) is 5.04. The van der Waals surface area contributed by atoms with E-state index in [0.29, 0.717) is 12.1 Å². The van der Waals surface area contributed by atoms with Crippen LogP contribution in [0, 0.1) is 11.8 Å². The third-order valence-electron chi connectivity index (χ3n) is 5.04. The first kappa shape index (κ1) is 16.1. The molecule has 1 nitrogen and oxygen atoms in total. The van der Waals surface area contributed by atoms with E-state index in [1.165, 1.54) is 30.5 Å². The Morgan fingerprint density at radius 2 is 1.86 bits per heavy atom. The van der Waals surface area contributed by atoms with Crippen molar-refractivity contribution in [2.75, 3.05) is 0 Å². The predicted octanol–water partition coefficient (Wildman–Crippen LogP) is 5.28. The van der Waals surface area contributed by atoms with Gasteiger partial charge in [0.15, 0.2) is 0 Å². The van der Waals surface area contributed by atoms with Gasteiger partial charge in [0, 0.05) is 17.8 Å². The van der Waals surface area contributed by atoms with Crippen LogP contribution in [0.5, 0.6) is 0 Å². The molecule has 0 amide bonds. The monoisotopic (exact) mass is 285 g/mol. The summed E-state index contributed by atoms with van der Waals surface area (Å²) in [6.45, 7) is 13.6. The maximum atomic E-state index is 4.28. The fourth-order valence-electron chi connectivity index (χ4n) is 3.80. The van der Waals surface area contributed by atoms with Gasteiger partial charge in [0.05, 0.1) is 0 Å². The molecule has 1 aromatic rings. The summed E-state index contributed by atoms with van der Waals surface area (Å²) < 4.78 is 0. The summed E-state index contributed by atoms with van der Waals surface area (Å²) >= 11 is 0. The maximum absolute atomic E-state index is 4.28. The van der Waals surface area contributed by atoms with Gasteiger partial charge in [-0.2, -0.15) is 0 Å². The van der Waals surface area contributed by atoms with Crippen LogP contribution in [0.4, 0.5) is 0 Å². The Labute approximate surface area is 131 Å². The summed E-state index contributed by atoms with van der Waals surface area (Å²) in [5.74, 6) is 1.73. The van der Waals surface area contributed by atoms with Crippen LogP contribution in [0.15, 0.2) is 42.6 Å². The number of allylic oxidation sites excluding steroid dienone is 1. The van der Waals surface area contributed by atoms with Crippen LogP contribution in [0.2, 0.25) is 0 Å². The highest BCUT2D eigenvalue weighted by Gasteiger charge is 2.36. The predicted molar refractivity (Wildman–Crippen MR) is 92.2 cm³/mol. The quantitative estimate of drug-likeness (QED) is 0.628. The van der Waals surface area contributed by atoms with Gasteiger partial charge in [-0.25, -0.2) is 0 Å². The maximum Gasteiger partial charge on any atom is 0.0315 e. The van der Waals surface area contributed by atoms with Crippen molar-refractivity contribution < 1.29 is 0 Å². The summed E-state index contributed by atoms with van der Waals surface area (Å²) in [6.07, 6.45) is 5.16. The molecule has 116 valence electrons. The second-order valence-corrected chi connectivity index (χ2v) is 6.85. The molecule has 0 aromatic heterocycles. The van der Waals surface area contributed by atoms with Crippen molar-refractivity contribution >= 4 is 0 Å². The van der Waals surface area contributed by atoms with E-state index in [0.717, 1.165) is 18.3 Å². The van der Waals surface area contributed by atoms with Gasteiger partial charge in [-0.05, 0) is 56.9 Å². The lowest BCUT2D eigenvalue weighted by Crippen LogP contribution is -2.45. The van der Waals surface area contributed by atoms with Gasteiger partial charge in [0.2, 0.25) is 0 Å². The van der Waals surface area contributed by atoms with Gasteiger partial charge in [-0.15, -0.1) is 0 Å². The minimum atomic E-state index is 0.510. The number of hydrogen-bond donors (Lipinski definition) is 0. The van der Waals surface area contributed by atoms with Crippen LogP contribution in [0.3, 0.4) is 0 Å². The molecule has 0 N–H and O–H groups in total. The second-order valence-electron chi connectivity index (χ2n) is 6.85. The van der Waals surface area contributed by atoms with Gasteiger partial charge in [-0.3, -0.25) is 0 Å². The standard InChI is InChI=1S/C20H31N/c1-6-20(17(5)19-12-13-19)21(15(2)3)16(4)14-18-10-8-7-9-11-18/h7-11,16-17,19-20H,2,6,12-14H2,1,3-5H3. The van der Waals surface area contributed by atoms with Crippen LogP contribution in [0.25, 0.3) is 0 Å². The molecule has 1 fully saturated rings. The average molecular weight is 285 g/mol. The lowest BCUT2D eigenvalue weighted by Gasteiger charge is -2.42. The molecule has 0 saturated heterocycles. The zero-order chi connectivity index (χ0) is 15.4. The molecule has 0 bridgehead atoms. The van der Waals surface area contributed by atoms with E-state index in [-0.39, 0.29) is 0 Å². The van der Waals surface area contributed by atoms with Crippen LogP contribution in [-0.4, -0.2) is 17.0 Å². The third kappa shape index (κ3) is 4.12. The number of nitrogens with zero attached hydrogens (tertiary/aromatic N) is 1. The summed E-state index contributed by atoms with van der Waals surface area (Å²) in [4.78, 5) is 2.59. The fraction of sp³-hybridized carbons (Fsp3) is 0.600. The van der Waals surface area contributed by atoms with Crippen LogP contribution in [0.1, 0.15) is 52.5 Å². The van der Waals surface area contributed by atoms with Crippen LogP contribution < -0.4 is 0 Å². The van der Waals surface area contributed by atoms with Crippen molar-refractivity contribution in [3.63, 3.8) is 0 Å². The SMILES string of the molecule is C=C(C)N(C(C)Cc1ccccc1)C(CC)C(C)C1CC1. The Balaban J connectivity index is 2.10. The summed E-state index contributed by atoms with van der Waals surface area (Å²) in [5.41, 5.74) is 2.64. The molecule has 2 rings (SSSR count). The zero-order valence-electron chi connectivity index (χ0n) is 14.2. The van der Waals surface area contributed by atoms with E-state index in [9.17, 15) is 0 Å². The molecule has 0 heterocycles. The van der Waals surface area contributed by atoms with Crippen molar-refractivity contribution in [2.24, 2.45) is 11.8 Å². The van der Waals surface area contributed by atoms with Gasteiger partial charge in [0.1, 0.15) is 0 Å². The van der Waals surface area contributed by atoms with E-state index >= 15 is 0 Å². The minimum Gasteiger partial charge on any atom is -0.369 e. The first-order valence-corrected chi connectivity index (χ1v) is 8.52. The van der Waals surface area contributed by atoms with Crippen molar-refractivity contribution in [3.05, 3.63) is 48.2 Å². The Morgan fingerprint density at radius 3 is 2.33 bits per heavy atom. The molecule has 21 heavy (non-hydrogen) atoms. The van der Waals surface area contributed by atoms with E-state index in [1.807, 2.05) is 0 Å². The Hall–Kier alpha value is -1.24. The Bertz CT molecular complexity index is 446. The average Bonchev–Trinajstić information content (AvgIpc) is 3.28. The summed E-state index contributed by atoms with van der Waals surface area (Å²) in [6, 6.07) is 12.0. The molecular weight excluding hydrogens is 254 g/mol. The van der Waals surface area contributed by atoms with Crippen molar-refractivity contribution in [2.45, 2.75) is 65.5 Å². The fourth-order valence-corrected chi connectivity index (χ4v) is 3.80. The van der Waals surface area contributed by atoms with E-state index in [1.54, 1.807) is 0 Å². The molecular formula is C20H31N. The summed E-state index contributed by atoms with van der Waals surface area (Å²) in [7, 11) is 0. The second kappa shape index (κ2) is 7.15. The summed E-state index contributed by atoms with van der Waals surface area (Å²) in [5, 5.41) is 0. The highest BCUT2D eigenvalue weighted by Crippen LogP contribution is 2.41. The highest BCUT2D eigenvalue weighted by atomic mass is 15.2. The zero-order valence-corrected chi connectivity index (χ0v) is 14.2. The van der Waals surface area contributed by atoms with Crippen LogP contribution >= 0.6 is 0 Å². The normalized spacial score (nSPS) is 18.9. The van der Waals surface area contributed by atoms with Crippen molar-refractivity contribution in [1.29, 1.82) is 0 Å². The minimum absolute atomic E-state index is 0.510. The first-order chi connectivity index (χ1) is 10.0. The highest BCUT2D eigenvalue weighted by molar-refractivity contribution is 5.16. The molecule has 1 aliphatic carbocycles. The van der Waals surface area contributed by atoms with Gasteiger partial charge < -0.3 is 4.90 Å². The lowest BCUT2D eigenvalue weighted by atomic mass is 9.90. The molecule has 1 saturated carbocycles. The topological polar surface area (TPSA) is 3.24 Å². The molecule has 1 aliphatic rings. The van der Waals surface area contributed by atoms with E-state index < -0.39 is 0 Å². The number of hydrogen-bond acceptors (Lipinski definition) is 1. The molecule has 0 spiro atoms. The molecule has 0 aliphatic heterocycles. The van der Waals surface area contributed by atoms with Crippen molar-refractivity contribution in [3.8, 4) is 0 Å². The van der Waals surface area contributed by atoms with Gasteiger partial charge >= 0.3 is 0 Å². The van der Waals surface area contributed by atoms with E-state index in [4.69, 9.17) is 0 Å².